The van der Waals surface area contributed by atoms with Gasteiger partial charge in [-0.15, -0.1) is 0 Å². The highest BCUT2D eigenvalue weighted by atomic mass is 32.1. The van der Waals surface area contributed by atoms with Gasteiger partial charge in [0, 0.05) is 43.9 Å². The minimum Gasteiger partial charge on any atom is -0.475 e. The molecule has 0 unspecified atom stereocenters. The second-order valence-electron chi connectivity index (χ2n) is 8.32. The largest absolute Gasteiger partial charge is 0.490 e. The normalized spacial score (nSPS) is 21.7. The summed E-state index contributed by atoms with van der Waals surface area (Å²) in [7, 11) is 0. The average Bonchev–Trinajstić information content (AvgIpc) is 3.42. The zero-order valence-corrected chi connectivity index (χ0v) is 18.6. The molecule has 1 aromatic rings. The van der Waals surface area contributed by atoms with Gasteiger partial charge < -0.3 is 25.3 Å². The highest BCUT2D eigenvalue weighted by Crippen LogP contribution is 2.33. The van der Waals surface area contributed by atoms with Gasteiger partial charge in [-0.3, -0.25) is 4.79 Å². The SMILES string of the molecule is O=C(CC1CCCC1)N1CCc2nc(N3CCNC[C@H]3CO)sc2C1.O=C(O)C(F)(F)F. The molecule has 0 radical (unpaired) electrons. The van der Waals surface area contributed by atoms with E-state index in [0.29, 0.717) is 18.4 Å². The lowest BCUT2D eigenvalue weighted by atomic mass is 10.0. The Labute approximate surface area is 188 Å². The van der Waals surface area contributed by atoms with Crippen molar-refractivity contribution >= 4 is 28.3 Å². The van der Waals surface area contributed by atoms with Crippen molar-refractivity contribution in [1.29, 1.82) is 0 Å². The number of aliphatic hydroxyl groups is 1. The minimum atomic E-state index is -5.08. The summed E-state index contributed by atoms with van der Waals surface area (Å²) < 4.78 is 31.7. The Balaban J connectivity index is 0.000000360. The lowest BCUT2D eigenvalue weighted by Gasteiger charge is -2.34. The fourth-order valence-corrected chi connectivity index (χ4v) is 5.50. The van der Waals surface area contributed by atoms with Crippen molar-refractivity contribution in [3.8, 4) is 0 Å². The van der Waals surface area contributed by atoms with Gasteiger partial charge in [0.2, 0.25) is 5.91 Å². The summed E-state index contributed by atoms with van der Waals surface area (Å²) in [6, 6.07) is 0.0986. The molecule has 8 nitrogen and oxygen atoms in total. The number of fused-ring (bicyclic) bond motifs is 1. The van der Waals surface area contributed by atoms with Crippen LogP contribution in [-0.2, 0) is 22.6 Å². The topological polar surface area (TPSA) is 106 Å². The van der Waals surface area contributed by atoms with E-state index in [1.807, 2.05) is 4.90 Å². The van der Waals surface area contributed by atoms with Crippen molar-refractivity contribution in [2.45, 2.75) is 57.3 Å². The molecule has 32 heavy (non-hydrogen) atoms. The molecular weight excluding hydrogens is 449 g/mol. The quantitative estimate of drug-likeness (QED) is 0.608. The third-order valence-corrected chi connectivity index (χ3v) is 7.18. The molecule has 1 saturated heterocycles. The Morgan fingerprint density at radius 3 is 2.53 bits per heavy atom. The third-order valence-electron chi connectivity index (χ3n) is 6.06. The second kappa shape index (κ2) is 10.8. The number of hydrogen-bond donors (Lipinski definition) is 3. The van der Waals surface area contributed by atoms with Crippen LogP contribution in [0.5, 0.6) is 0 Å². The van der Waals surface area contributed by atoms with Gasteiger partial charge in [0.05, 0.1) is 24.9 Å². The van der Waals surface area contributed by atoms with Crippen LogP contribution in [0, 0.1) is 5.92 Å². The molecule has 3 aliphatic rings. The molecule has 2 fully saturated rings. The molecule has 1 aromatic heterocycles. The molecule has 0 bridgehead atoms. The molecule has 3 heterocycles. The molecule has 0 spiro atoms. The number of alkyl halides is 3. The summed E-state index contributed by atoms with van der Waals surface area (Å²) in [4.78, 5) is 31.9. The number of halogens is 3. The smallest absolute Gasteiger partial charge is 0.475 e. The van der Waals surface area contributed by atoms with E-state index in [9.17, 15) is 23.1 Å². The van der Waals surface area contributed by atoms with Crippen LogP contribution in [0.15, 0.2) is 0 Å². The number of anilines is 1. The highest BCUT2D eigenvalue weighted by molar-refractivity contribution is 7.15. The number of rotatable bonds is 4. The second-order valence-corrected chi connectivity index (χ2v) is 9.39. The van der Waals surface area contributed by atoms with Gasteiger partial charge in [-0.1, -0.05) is 24.2 Å². The molecule has 12 heteroatoms. The Morgan fingerprint density at radius 1 is 1.22 bits per heavy atom. The van der Waals surface area contributed by atoms with Crippen molar-refractivity contribution in [1.82, 2.24) is 15.2 Å². The van der Waals surface area contributed by atoms with Crippen molar-refractivity contribution in [3.05, 3.63) is 10.6 Å². The number of carboxylic acids is 1. The Morgan fingerprint density at radius 2 is 1.91 bits per heavy atom. The number of aliphatic carboxylic acids is 1. The van der Waals surface area contributed by atoms with Gasteiger partial charge >= 0.3 is 12.1 Å². The van der Waals surface area contributed by atoms with Crippen LogP contribution in [0.4, 0.5) is 18.3 Å². The maximum Gasteiger partial charge on any atom is 0.490 e. The standard InChI is InChI=1S/C18H28N4O2S.C2HF3O2/c23-12-14-10-19-6-8-22(14)18-20-15-5-7-21(11-16(15)25-18)17(24)9-13-3-1-2-4-13;3-2(4,5)1(6)7/h13-14,19,23H,1-12H2;(H,6,7)/t14-;/m0./s1. The van der Waals surface area contributed by atoms with Gasteiger partial charge in [-0.25, -0.2) is 9.78 Å². The summed E-state index contributed by atoms with van der Waals surface area (Å²) in [5, 5.41) is 21.1. The summed E-state index contributed by atoms with van der Waals surface area (Å²) in [5.41, 5.74) is 1.15. The van der Waals surface area contributed by atoms with Gasteiger partial charge in [-0.05, 0) is 18.8 Å². The summed E-state index contributed by atoms with van der Waals surface area (Å²) in [5.74, 6) is -1.83. The van der Waals surface area contributed by atoms with Crippen LogP contribution in [0.1, 0.15) is 42.7 Å². The van der Waals surface area contributed by atoms with Crippen LogP contribution in [-0.4, -0.2) is 77.0 Å². The molecule has 1 aliphatic carbocycles. The van der Waals surface area contributed by atoms with E-state index in [2.05, 4.69) is 10.2 Å². The number of aromatic nitrogens is 1. The fourth-order valence-electron chi connectivity index (χ4n) is 4.28. The molecule has 180 valence electrons. The van der Waals surface area contributed by atoms with Gasteiger partial charge in [0.1, 0.15) is 0 Å². The Kier molecular flexibility index (Phi) is 8.34. The molecule has 2 aliphatic heterocycles. The molecule has 0 aromatic carbocycles. The summed E-state index contributed by atoms with van der Waals surface area (Å²) in [6.45, 7) is 4.26. The predicted molar refractivity (Wildman–Crippen MR) is 113 cm³/mol. The van der Waals surface area contributed by atoms with Crippen molar-refractivity contribution < 1.29 is 33.0 Å². The zero-order chi connectivity index (χ0) is 23.3. The molecular formula is C20H29F3N4O4S. The van der Waals surface area contributed by atoms with Crippen molar-refractivity contribution in [3.63, 3.8) is 0 Å². The highest BCUT2D eigenvalue weighted by Gasteiger charge is 2.38. The van der Waals surface area contributed by atoms with Crippen molar-refractivity contribution in [2.75, 3.05) is 37.7 Å². The molecule has 1 amide bonds. The Bertz CT molecular complexity index is 798. The fraction of sp³-hybridized carbons (Fsp3) is 0.750. The number of hydrogen-bond acceptors (Lipinski definition) is 7. The first-order valence-electron chi connectivity index (χ1n) is 10.8. The average molecular weight is 479 g/mol. The van der Waals surface area contributed by atoms with Crippen molar-refractivity contribution in [2.24, 2.45) is 5.92 Å². The minimum absolute atomic E-state index is 0.0986. The lowest BCUT2D eigenvalue weighted by Crippen LogP contribution is -2.53. The number of amides is 1. The maximum absolute atomic E-state index is 12.6. The maximum atomic E-state index is 12.6. The van der Waals surface area contributed by atoms with Gasteiger partial charge in [-0.2, -0.15) is 13.2 Å². The monoisotopic (exact) mass is 478 g/mol. The third kappa shape index (κ3) is 6.32. The first-order valence-corrected chi connectivity index (χ1v) is 11.7. The predicted octanol–water partition coefficient (Wildman–Crippen LogP) is 2.01. The molecule has 1 saturated carbocycles. The van der Waals surface area contributed by atoms with E-state index < -0.39 is 12.1 Å². The number of nitrogens with one attached hydrogen (secondary N) is 1. The first-order chi connectivity index (χ1) is 15.2. The van der Waals surface area contributed by atoms with Gasteiger partial charge in [0.15, 0.2) is 5.13 Å². The van der Waals surface area contributed by atoms with Crippen LogP contribution >= 0.6 is 11.3 Å². The van der Waals surface area contributed by atoms with Crippen LogP contribution in [0.25, 0.3) is 0 Å². The Hall–Kier alpha value is -1.92. The lowest BCUT2D eigenvalue weighted by molar-refractivity contribution is -0.192. The number of piperazine rings is 1. The molecule has 1 atom stereocenters. The number of thiazole rings is 1. The van der Waals surface area contributed by atoms with E-state index in [4.69, 9.17) is 14.9 Å². The van der Waals surface area contributed by atoms with Crippen LogP contribution in [0.3, 0.4) is 0 Å². The molecule has 3 N–H and O–H groups in total. The first kappa shape index (κ1) is 24.7. The van der Waals surface area contributed by atoms with E-state index in [1.54, 1.807) is 11.3 Å². The number of carbonyl (C=O) groups is 2. The summed E-state index contributed by atoms with van der Waals surface area (Å²) >= 11 is 1.71. The molecule has 4 rings (SSSR count). The van der Waals surface area contributed by atoms with E-state index in [0.717, 1.165) is 49.8 Å². The van der Waals surface area contributed by atoms with E-state index >= 15 is 0 Å². The zero-order valence-electron chi connectivity index (χ0n) is 17.7. The number of carbonyl (C=O) groups excluding carboxylic acids is 1. The summed E-state index contributed by atoms with van der Waals surface area (Å²) in [6.07, 6.45) is 1.53. The van der Waals surface area contributed by atoms with Crippen LogP contribution in [0.2, 0.25) is 0 Å². The number of aliphatic hydroxyl groups excluding tert-OH is 1. The number of carboxylic acid groups (broad SMARTS) is 1. The number of nitrogens with zero attached hydrogens (tertiary/aromatic N) is 3. The van der Waals surface area contributed by atoms with E-state index in [-0.39, 0.29) is 12.6 Å². The van der Waals surface area contributed by atoms with E-state index in [1.165, 1.54) is 30.6 Å². The van der Waals surface area contributed by atoms with Gasteiger partial charge in [0.25, 0.3) is 0 Å². The van der Waals surface area contributed by atoms with Crippen LogP contribution < -0.4 is 10.2 Å².